The summed E-state index contributed by atoms with van der Waals surface area (Å²) >= 11 is 5.58. The van der Waals surface area contributed by atoms with E-state index < -0.39 is 0 Å². The lowest BCUT2D eigenvalue weighted by Crippen LogP contribution is -2.13. The van der Waals surface area contributed by atoms with Crippen molar-refractivity contribution in [2.45, 2.75) is 11.0 Å². The van der Waals surface area contributed by atoms with Crippen molar-refractivity contribution in [3.63, 3.8) is 0 Å². The highest BCUT2D eigenvalue weighted by molar-refractivity contribution is 8.19. The molecular weight excluding hydrogens is 306 g/mol. The molecule has 2 nitrogen and oxygen atoms in total. The Bertz CT molecular complexity index is 577. The van der Waals surface area contributed by atoms with Crippen molar-refractivity contribution < 1.29 is 4.79 Å². The van der Waals surface area contributed by atoms with Crippen LogP contribution in [0.4, 0.5) is 5.69 Å². The van der Waals surface area contributed by atoms with Crippen molar-refractivity contribution in [1.82, 2.24) is 0 Å². The smallest absolute Gasteiger partial charge is 0.229 e. The van der Waals surface area contributed by atoms with Crippen LogP contribution in [0, 0.1) is 0 Å². The van der Waals surface area contributed by atoms with Crippen molar-refractivity contribution in [2.24, 2.45) is 0 Å². The molecule has 5 heteroatoms. The quantitative estimate of drug-likeness (QED) is 0.904. The maximum absolute atomic E-state index is 12.0. The lowest BCUT2D eigenvalue weighted by atomic mass is 10.2. The van der Waals surface area contributed by atoms with Crippen molar-refractivity contribution in [1.29, 1.82) is 0 Å². The average Bonchev–Trinajstić information content (AvgIpc) is 3.11. The molecule has 20 heavy (non-hydrogen) atoms. The van der Waals surface area contributed by atoms with Crippen LogP contribution < -0.4 is 5.32 Å². The Kier molecular flexibility index (Phi) is 4.70. The van der Waals surface area contributed by atoms with Crippen LogP contribution in [0.3, 0.4) is 0 Å². The van der Waals surface area contributed by atoms with Gasteiger partial charge in [0.25, 0.3) is 0 Å². The van der Waals surface area contributed by atoms with Gasteiger partial charge in [0.1, 0.15) is 0 Å². The Balaban J connectivity index is 1.64. The Morgan fingerprint density at radius 3 is 2.80 bits per heavy atom. The number of thioether (sulfide) groups is 2. The molecule has 1 aromatic heterocycles. The summed E-state index contributed by atoms with van der Waals surface area (Å²) in [5.74, 6) is 2.48. The van der Waals surface area contributed by atoms with E-state index >= 15 is 0 Å². The Labute approximate surface area is 131 Å². The Morgan fingerprint density at radius 1 is 1.20 bits per heavy atom. The minimum absolute atomic E-state index is 0.0522. The second-order valence-corrected chi connectivity index (χ2v) is 8.26. The van der Waals surface area contributed by atoms with Gasteiger partial charge in [0.05, 0.1) is 11.0 Å². The van der Waals surface area contributed by atoms with Gasteiger partial charge in [0.15, 0.2) is 0 Å². The number of carbonyl (C=O) groups excluding carboxylic acids is 1. The third-order valence-electron chi connectivity index (χ3n) is 2.98. The zero-order valence-corrected chi connectivity index (χ0v) is 13.3. The molecule has 0 bridgehead atoms. The maximum Gasteiger partial charge on any atom is 0.229 e. The molecule has 1 aliphatic rings. The van der Waals surface area contributed by atoms with E-state index in [0.29, 0.717) is 11.0 Å². The van der Waals surface area contributed by atoms with Gasteiger partial charge < -0.3 is 5.32 Å². The van der Waals surface area contributed by atoms with Crippen molar-refractivity contribution >= 4 is 46.5 Å². The largest absolute Gasteiger partial charge is 0.326 e. The van der Waals surface area contributed by atoms with E-state index in [4.69, 9.17) is 0 Å². The van der Waals surface area contributed by atoms with Crippen LogP contribution in [0.15, 0.2) is 41.8 Å². The summed E-state index contributed by atoms with van der Waals surface area (Å²) in [5.41, 5.74) is 2.20. The van der Waals surface area contributed by atoms with E-state index in [-0.39, 0.29) is 5.91 Å². The fourth-order valence-corrected chi connectivity index (χ4v) is 5.63. The molecule has 1 saturated heterocycles. The highest BCUT2D eigenvalue weighted by atomic mass is 32.2. The summed E-state index contributed by atoms with van der Waals surface area (Å²) in [6, 6.07) is 12.2. The lowest BCUT2D eigenvalue weighted by molar-refractivity contribution is -0.115. The normalized spacial score (nSPS) is 15.4. The van der Waals surface area contributed by atoms with Gasteiger partial charge in [-0.25, -0.2) is 0 Å². The zero-order valence-electron chi connectivity index (χ0n) is 10.9. The molecule has 1 aliphatic heterocycles. The van der Waals surface area contributed by atoms with E-state index in [9.17, 15) is 4.79 Å². The fourth-order valence-electron chi connectivity index (χ4n) is 2.09. The third kappa shape index (κ3) is 3.59. The zero-order chi connectivity index (χ0) is 13.8. The van der Waals surface area contributed by atoms with Crippen LogP contribution in [0.2, 0.25) is 0 Å². The fraction of sp³-hybridized carbons (Fsp3) is 0.267. The van der Waals surface area contributed by atoms with Crippen molar-refractivity contribution in [3.05, 3.63) is 52.2 Å². The van der Waals surface area contributed by atoms with Crippen LogP contribution in [-0.4, -0.2) is 17.4 Å². The predicted octanol–water partition coefficient (Wildman–Crippen LogP) is 4.41. The molecular formula is C15H15NOS3. The van der Waals surface area contributed by atoms with Gasteiger partial charge in [-0.15, -0.1) is 34.9 Å². The third-order valence-corrected chi connectivity index (χ3v) is 6.96. The molecule has 2 heterocycles. The monoisotopic (exact) mass is 321 g/mol. The number of carbonyl (C=O) groups is 1. The Morgan fingerprint density at radius 2 is 2.05 bits per heavy atom. The van der Waals surface area contributed by atoms with Gasteiger partial charge in [0.2, 0.25) is 5.91 Å². The van der Waals surface area contributed by atoms with E-state index in [1.54, 1.807) is 11.3 Å². The second kappa shape index (κ2) is 6.70. The molecule has 0 atom stereocenters. The topological polar surface area (TPSA) is 29.1 Å². The molecule has 1 fully saturated rings. The van der Waals surface area contributed by atoms with Gasteiger partial charge in [-0.1, -0.05) is 18.2 Å². The summed E-state index contributed by atoms with van der Waals surface area (Å²) in [6.07, 6.45) is 0.453. The molecule has 0 unspecified atom stereocenters. The van der Waals surface area contributed by atoms with Gasteiger partial charge in [-0.3, -0.25) is 4.79 Å². The number of amides is 1. The number of hydrogen-bond donors (Lipinski definition) is 1. The van der Waals surface area contributed by atoms with Gasteiger partial charge in [-0.2, -0.15) is 0 Å². The summed E-state index contributed by atoms with van der Waals surface area (Å²) in [4.78, 5) is 13.1. The number of anilines is 1. The van der Waals surface area contributed by atoms with Crippen LogP contribution in [0.1, 0.15) is 15.0 Å². The summed E-state index contributed by atoms with van der Waals surface area (Å²) < 4.78 is 0.518. The van der Waals surface area contributed by atoms with Gasteiger partial charge >= 0.3 is 0 Å². The summed E-state index contributed by atoms with van der Waals surface area (Å²) in [6.45, 7) is 0. The molecule has 3 rings (SSSR count). The van der Waals surface area contributed by atoms with Crippen LogP contribution >= 0.6 is 34.9 Å². The highest BCUT2D eigenvalue weighted by Crippen LogP contribution is 2.45. The molecule has 1 aromatic carbocycles. The first-order valence-electron chi connectivity index (χ1n) is 6.47. The number of benzene rings is 1. The van der Waals surface area contributed by atoms with Crippen molar-refractivity contribution in [3.8, 4) is 0 Å². The summed E-state index contributed by atoms with van der Waals surface area (Å²) in [5, 5.41) is 4.99. The summed E-state index contributed by atoms with van der Waals surface area (Å²) in [7, 11) is 0. The van der Waals surface area contributed by atoms with Crippen molar-refractivity contribution in [2.75, 3.05) is 16.8 Å². The average molecular weight is 321 g/mol. The maximum atomic E-state index is 12.0. The van der Waals surface area contributed by atoms with E-state index in [2.05, 4.69) is 17.4 Å². The molecule has 2 aromatic rings. The first-order valence-corrected chi connectivity index (χ1v) is 9.44. The van der Waals surface area contributed by atoms with Gasteiger partial charge in [0, 0.05) is 22.1 Å². The SMILES string of the molecule is O=C(Cc1cccs1)Nc1cccc(C2SCCS2)c1. The number of thiophene rings is 1. The predicted molar refractivity (Wildman–Crippen MR) is 90.8 cm³/mol. The molecule has 0 spiro atoms. The molecule has 1 amide bonds. The van der Waals surface area contributed by atoms with Crippen LogP contribution in [-0.2, 0) is 11.2 Å². The van der Waals surface area contributed by atoms with Gasteiger partial charge in [-0.05, 0) is 29.1 Å². The van der Waals surface area contributed by atoms with E-state index in [1.807, 2.05) is 53.2 Å². The number of rotatable bonds is 4. The highest BCUT2D eigenvalue weighted by Gasteiger charge is 2.18. The first-order chi connectivity index (χ1) is 9.81. The molecule has 0 radical (unpaired) electrons. The number of hydrogen-bond acceptors (Lipinski definition) is 4. The minimum atomic E-state index is 0.0522. The van der Waals surface area contributed by atoms with Crippen LogP contribution in [0.5, 0.6) is 0 Å². The standard InChI is InChI=1S/C15H15NOS3/c17-14(10-13-5-2-6-18-13)16-12-4-1-3-11(9-12)15-19-7-8-20-15/h1-6,9,15H,7-8,10H2,(H,16,17). The molecule has 104 valence electrons. The molecule has 1 N–H and O–H groups in total. The second-order valence-electron chi connectivity index (χ2n) is 4.50. The first kappa shape index (κ1) is 14.0. The van der Waals surface area contributed by atoms with Crippen LogP contribution in [0.25, 0.3) is 0 Å². The molecule has 0 saturated carbocycles. The number of nitrogens with one attached hydrogen (secondary N) is 1. The minimum Gasteiger partial charge on any atom is -0.326 e. The lowest BCUT2D eigenvalue weighted by Gasteiger charge is -2.11. The van der Waals surface area contributed by atoms with E-state index in [0.717, 1.165) is 10.6 Å². The van der Waals surface area contributed by atoms with E-state index in [1.165, 1.54) is 17.1 Å². The molecule has 0 aliphatic carbocycles. The Hall–Kier alpha value is -0.910.